The molecule has 0 saturated carbocycles. The zero-order valence-electron chi connectivity index (χ0n) is 7.54. The summed E-state index contributed by atoms with van der Waals surface area (Å²) >= 11 is 0. The fraction of sp³-hybridized carbons (Fsp3) is 0. The third kappa shape index (κ3) is 1.78. The molecule has 15 heavy (non-hydrogen) atoms. The lowest BCUT2D eigenvalue weighted by Gasteiger charge is -1.95. The van der Waals surface area contributed by atoms with Gasteiger partial charge in [0.25, 0.3) is 0 Å². The molecule has 6 heteroatoms. The van der Waals surface area contributed by atoms with E-state index in [0.29, 0.717) is 11.4 Å². The third-order valence-electron chi connectivity index (χ3n) is 1.88. The normalized spacial score (nSPS) is 9.87. The van der Waals surface area contributed by atoms with Crippen LogP contribution >= 0.6 is 0 Å². The molecule has 0 aliphatic rings. The number of carbonyl (C=O) groups excluding carboxylic acids is 2. The van der Waals surface area contributed by atoms with Crippen LogP contribution in [-0.4, -0.2) is 32.7 Å². The van der Waals surface area contributed by atoms with Crippen molar-refractivity contribution < 1.29 is 9.59 Å². The number of aromatic nitrogens is 4. The molecule has 0 fully saturated rings. The summed E-state index contributed by atoms with van der Waals surface area (Å²) in [6, 6.07) is 6.40. The van der Waals surface area contributed by atoms with E-state index < -0.39 is 5.78 Å². The molecular formula is C9H6N4O2. The average molecular weight is 202 g/mol. The van der Waals surface area contributed by atoms with E-state index in [2.05, 4.69) is 20.6 Å². The molecule has 0 saturated heterocycles. The minimum atomic E-state index is -0.547. The molecule has 0 radical (unpaired) electrons. The maximum absolute atomic E-state index is 11.0. The first-order valence-electron chi connectivity index (χ1n) is 4.14. The molecule has 0 spiro atoms. The predicted molar refractivity (Wildman–Crippen MR) is 50.0 cm³/mol. The maximum atomic E-state index is 11.0. The van der Waals surface area contributed by atoms with Crippen molar-refractivity contribution in [2.24, 2.45) is 0 Å². The van der Waals surface area contributed by atoms with Crippen LogP contribution in [0.4, 0.5) is 0 Å². The van der Waals surface area contributed by atoms with E-state index in [1.165, 1.54) is 0 Å². The number of aromatic amines is 1. The highest BCUT2D eigenvalue weighted by atomic mass is 16.2. The zero-order valence-corrected chi connectivity index (χ0v) is 7.54. The second-order valence-corrected chi connectivity index (χ2v) is 2.79. The van der Waals surface area contributed by atoms with E-state index >= 15 is 0 Å². The first-order chi connectivity index (χ1) is 7.31. The quantitative estimate of drug-likeness (QED) is 0.437. The highest BCUT2D eigenvalue weighted by Gasteiger charge is 2.06. The van der Waals surface area contributed by atoms with Crippen molar-refractivity contribution >= 4 is 12.1 Å². The number of nitrogens with one attached hydrogen (secondary N) is 1. The molecule has 6 nitrogen and oxygen atoms in total. The first kappa shape index (κ1) is 9.20. The summed E-state index contributed by atoms with van der Waals surface area (Å²) in [5, 5.41) is 13.3. The van der Waals surface area contributed by atoms with Crippen LogP contribution in [0.5, 0.6) is 0 Å². The molecule has 0 amide bonds. The molecule has 0 aliphatic carbocycles. The highest BCUT2D eigenvalue weighted by Crippen LogP contribution is 2.13. The Bertz CT molecular complexity index is 475. The van der Waals surface area contributed by atoms with Crippen LogP contribution < -0.4 is 0 Å². The summed E-state index contributed by atoms with van der Waals surface area (Å²) in [7, 11) is 0. The van der Waals surface area contributed by atoms with Gasteiger partial charge in [0.15, 0.2) is 6.29 Å². The van der Waals surface area contributed by atoms with Crippen LogP contribution in [0.15, 0.2) is 24.3 Å². The summed E-state index contributed by atoms with van der Waals surface area (Å²) in [5.41, 5.74) is 1.07. The van der Waals surface area contributed by atoms with Gasteiger partial charge in [-0.05, 0) is 5.21 Å². The van der Waals surface area contributed by atoms with Gasteiger partial charge in [0.2, 0.25) is 11.6 Å². The molecule has 2 rings (SSSR count). The highest BCUT2D eigenvalue weighted by molar-refractivity contribution is 6.33. The van der Waals surface area contributed by atoms with Crippen LogP contribution in [0, 0.1) is 0 Å². The first-order valence-corrected chi connectivity index (χ1v) is 4.14. The van der Waals surface area contributed by atoms with E-state index in [9.17, 15) is 9.59 Å². The molecule has 0 aliphatic heterocycles. The second-order valence-electron chi connectivity index (χ2n) is 2.79. The Balaban J connectivity index is 2.32. The molecule has 0 bridgehead atoms. The fourth-order valence-electron chi connectivity index (χ4n) is 1.14. The number of rotatable bonds is 3. The standard InChI is InChI=1S/C9H6N4O2/c14-5-8(15)6-1-3-7(4-2-6)9-10-12-13-11-9/h1-5H,(H,10,11,12,13). The van der Waals surface area contributed by atoms with Gasteiger partial charge in [-0.2, -0.15) is 5.21 Å². The van der Waals surface area contributed by atoms with Crippen LogP contribution in [0.3, 0.4) is 0 Å². The second kappa shape index (κ2) is 3.79. The van der Waals surface area contributed by atoms with Crippen molar-refractivity contribution in [1.82, 2.24) is 20.6 Å². The van der Waals surface area contributed by atoms with Gasteiger partial charge < -0.3 is 0 Å². The van der Waals surface area contributed by atoms with Crippen LogP contribution in [0.1, 0.15) is 10.4 Å². The summed E-state index contributed by atoms with van der Waals surface area (Å²) in [4.78, 5) is 21.2. The number of Topliss-reactive ketones (excluding diaryl/α,β-unsaturated/α-hetero) is 1. The Morgan fingerprint density at radius 3 is 2.53 bits per heavy atom. The SMILES string of the molecule is O=CC(=O)c1ccc(-c2nn[nH]n2)cc1. The molecule has 1 aromatic carbocycles. The lowest BCUT2D eigenvalue weighted by molar-refractivity contribution is -0.104. The number of aldehydes is 1. The molecule has 1 N–H and O–H groups in total. The monoisotopic (exact) mass is 202 g/mol. The number of ketones is 1. The van der Waals surface area contributed by atoms with Crippen molar-refractivity contribution in [3.8, 4) is 11.4 Å². The molecule has 74 valence electrons. The zero-order chi connectivity index (χ0) is 10.7. The van der Waals surface area contributed by atoms with Crippen molar-refractivity contribution in [2.75, 3.05) is 0 Å². The van der Waals surface area contributed by atoms with Gasteiger partial charge in [-0.25, -0.2) is 0 Å². The van der Waals surface area contributed by atoms with Gasteiger partial charge in [-0.15, -0.1) is 10.2 Å². The number of carbonyl (C=O) groups is 2. The van der Waals surface area contributed by atoms with E-state index in [-0.39, 0.29) is 6.29 Å². The van der Waals surface area contributed by atoms with Crippen LogP contribution in [0.2, 0.25) is 0 Å². The summed E-state index contributed by atoms with van der Waals surface area (Å²) in [5.74, 6) is -0.102. The Morgan fingerprint density at radius 2 is 2.00 bits per heavy atom. The largest absolute Gasteiger partial charge is 0.294 e. The van der Waals surface area contributed by atoms with Crippen LogP contribution in [0.25, 0.3) is 11.4 Å². The molecule has 2 aromatic rings. The lowest BCUT2D eigenvalue weighted by Crippen LogP contribution is -1.98. The van der Waals surface area contributed by atoms with Crippen molar-refractivity contribution in [3.63, 3.8) is 0 Å². The summed E-state index contributed by atoms with van der Waals surface area (Å²) in [6.07, 6.45) is 0.281. The Morgan fingerprint density at radius 1 is 1.27 bits per heavy atom. The summed E-state index contributed by atoms with van der Waals surface area (Å²) < 4.78 is 0. The lowest BCUT2D eigenvalue weighted by atomic mass is 10.1. The van der Waals surface area contributed by atoms with Crippen molar-refractivity contribution in [1.29, 1.82) is 0 Å². The number of H-pyrrole nitrogens is 1. The van der Waals surface area contributed by atoms with E-state index in [1.807, 2.05) is 0 Å². The number of hydrogen-bond acceptors (Lipinski definition) is 5. The van der Waals surface area contributed by atoms with Gasteiger partial charge in [0.05, 0.1) is 0 Å². The Labute approximate surface area is 84.3 Å². The molecule has 0 unspecified atom stereocenters. The molecule has 1 heterocycles. The van der Waals surface area contributed by atoms with Crippen molar-refractivity contribution in [2.45, 2.75) is 0 Å². The number of benzene rings is 1. The number of tetrazole rings is 1. The number of nitrogens with zero attached hydrogens (tertiary/aromatic N) is 3. The van der Waals surface area contributed by atoms with Gasteiger partial charge in [0, 0.05) is 11.1 Å². The van der Waals surface area contributed by atoms with Gasteiger partial charge in [-0.3, -0.25) is 9.59 Å². The predicted octanol–water partition coefficient (Wildman–Crippen LogP) is 0.248. The Kier molecular flexibility index (Phi) is 2.32. The van der Waals surface area contributed by atoms with E-state index in [1.54, 1.807) is 24.3 Å². The average Bonchev–Trinajstić information content (AvgIpc) is 2.82. The fourth-order valence-corrected chi connectivity index (χ4v) is 1.14. The van der Waals surface area contributed by atoms with Gasteiger partial charge >= 0.3 is 0 Å². The molecule has 0 atom stereocenters. The third-order valence-corrected chi connectivity index (χ3v) is 1.88. The number of hydrogen-bond donors (Lipinski definition) is 1. The van der Waals surface area contributed by atoms with E-state index in [4.69, 9.17) is 0 Å². The topological polar surface area (TPSA) is 88.6 Å². The minimum Gasteiger partial charge on any atom is -0.294 e. The van der Waals surface area contributed by atoms with Gasteiger partial charge in [0.1, 0.15) is 0 Å². The van der Waals surface area contributed by atoms with Crippen molar-refractivity contribution in [3.05, 3.63) is 29.8 Å². The maximum Gasteiger partial charge on any atom is 0.225 e. The minimum absolute atomic E-state index is 0.281. The molecule has 1 aromatic heterocycles. The Hall–Kier alpha value is -2.37. The summed E-state index contributed by atoms with van der Waals surface area (Å²) in [6.45, 7) is 0. The van der Waals surface area contributed by atoms with Gasteiger partial charge in [-0.1, -0.05) is 24.3 Å². The smallest absolute Gasteiger partial charge is 0.225 e. The molecular weight excluding hydrogens is 196 g/mol. The van der Waals surface area contributed by atoms with E-state index in [0.717, 1.165) is 5.56 Å². The van der Waals surface area contributed by atoms with Crippen LogP contribution in [-0.2, 0) is 4.79 Å².